The molecule has 2 fully saturated rings. The molecule has 0 aliphatic carbocycles. The molecule has 584 valence electrons. The maximum Gasteiger partial charge on any atom is 0.330 e. The fraction of sp³-hybridized carbons (Fsp3) is 0.787. The Morgan fingerprint density at radius 1 is 0.323 bits per heavy atom. The molecule has 19 heteroatoms. The Kier molecular flexibility index (Phi) is 97.4. The molecule has 2 saturated heterocycles. The van der Waals surface area contributed by atoms with E-state index in [2.05, 4.69) is 67.2 Å². The smallest absolute Gasteiger partial charge is 0.330 e. The number of allylic oxidation sites excluding steroid dienone is 1. The van der Waals surface area contributed by atoms with Gasteiger partial charge in [0.05, 0.1) is 59.5 Å². The molecule has 19 nitrogen and oxygen atoms in total. The van der Waals surface area contributed by atoms with Crippen molar-refractivity contribution in [2.24, 2.45) is 10.8 Å². The summed E-state index contributed by atoms with van der Waals surface area (Å²) in [7, 11) is 8.52. The predicted octanol–water partition coefficient (Wildman–Crippen LogP) is 18.0. The van der Waals surface area contributed by atoms with Crippen LogP contribution in [0.15, 0.2) is 75.9 Å². The van der Waals surface area contributed by atoms with Crippen molar-refractivity contribution in [3.63, 3.8) is 0 Å². The molecule has 99 heavy (non-hydrogen) atoms. The maximum atomic E-state index is 11.3. The Balaban J connectivity index is -0.000000252. The monoisotopic (exact) mass is 1420 g/mol. The van der Waals surface area contributed by atoms with Crippen molar-refractivity contribution in [3.8, 4) is 0 Å². The Morgan fingerprint density at radius 2 is 0.606 bits per heavy atom. The minimum absolute atomic E-state index is 0.0563. The van der Waals surface area contributed by atoms with Crippen molar-refractivity contribution in [2.45, 2.75) is 247 Å². The van der Waals surface area contributed by atoms with Gasteiger partial charge in [-0.25, -0.2) is 19.2 Å². The maximum absolute atomic E-state index is 11.3. The zero-order chi connectivity index (χ0) is 75.1. The Morgan fingerprint density at radius 3 is 0.919 bits per heavy atom. The first-order valence-electron chi connectivity index (χ1n) is 37.3. The average molecular weight is 1420 g/mol. The van der Waals surface area contributed by atoms with Gasteiger partial charge in [0.15, 0.2) is 0 Å². The van der Waals surface area contributed by atoms with Crippen LogP contribution >= 0.6 is 0 Å². The first-order chi connectivity index (χ1) is 48.0. The molecule has 0 atom stereocenters. The van der Waals surface area contributed by atoms with Crippen molar-refractivity contribution >= 4 is 29.8 Å². The van der Waals surface area contributed by atoms with Crippen LogP contribution in [0, 0.1) is 10.8 Å². The molecule has 0 bridgehead atoms. The number of rotatable bonds is 59. The lowest BCUT2D eigenvalue weighted by Crippen LogP contribution is -2.44. The second-order valence-electron chi connectivity index (χ2n) is 24.8. The van der Waals surface area contributed by atoms with Crippen LogP contribution in [0.2, 0.25) is 0 Å². The van der Waals surface area contributed by atoms with Gasteiger partial charge in [0.25, 0.3) is 0 Å². The number of unbranched alkanes of at least 4 members (excludes halogenated alkanes) is 24. The van der Waals surface area contributed by atoms with E-state index in [9.17, 15) is 24.0 Å². The summed E-state index contributed by atoms with van der Waals surface area (Å²) in [6.07, 6.45) is 45.8. The highest BCUT2D eigenvalue weighted by molar-refractivity contribution is 5.82. The van der Waals surface area contributed by atoms with Gasteiger partial charge in [-0.3, -0.25) is 4.79 Å². The average Bonchev–Trinajstić information content (AvgIpc) is 0.864. The topological polar surface area (TPSA) is 215 Å². The third-order valence-electron chi connectivity index (χ3n) is 14.5. The highest BCUT2D eigenvalue weighted by Gasteiger charge is 2.35. The summed E-state index contributed by atoms with van der Waals surface area (Å²) in [5.74, 6) is -1.38. The first kappa shape index (κ1) is 105. The van der Waals surface area contributed by atoms with Crippen molar-refractivity contribution in [1.29, 1.82) is 0 Å². The first-order valence-corrected chi connectivity index (χ1v) is 37.3. The van der Waals surface area contributed by atoms with E-state index in [0.29, 0.717) is 51.5 Å². The van der Waals surface area contributed by atoms with Crippen LogP contribution in [-0.2, 0) is 90.3 Å². The van der Waals surface area contributed by atoms with Crippen molar-refractivity contribution in [3.05, 3.63) is 75.9 Å². The van der Waals surface area contributed by atoms with Gasteiger partial charge in [0.1, 0.15) is 6.61 Å². The summed E-state index contributed by atoms with van der Waals surface area (Å²) in [6, 6.07) is 0. The Labute approximate surface area is 605 Å². The van der Waals surface area contributed by atoms with Gasteiger partial charge in [-0.05, 0) is 110 Å². The van der Waals surface area contributed by atoms with Gasteiger partial charge in [0, 0.05) is 130 Å². The molecule has 2 heterocycles. The number of carbonyl (C=O) groups is 5. The normalized spacial score (nSPS) is 12.3. The van der Waals surface area contributed by atoms with E-state index < -0.39 is 0 Å². The van der Waals surface area contributed by atoms with E-state index in [1.807, 2.05) is 19.1 Å². The van der Waals surface area contributed by atoms with Crippen LogP contribution in [0.3, 0.4) is 0 Å². The summed E-state index contributed by atoms with van der Waals surface area (Å²) < 4.78 is 69.9. The van der Waals surface area contributed by atoms with Crippen LogP contribution in [-0.4, -0.2) is 184 Å². The molecule has 0 saturated carbocycles. The van der Waals surface area contributed by atoms with E-state index in [1.165, 1.54) is 115 Å². The van der Waals surface area contributed by atoms with Gasteiger partial charge >= 0.3 is 29.8 Å². The van der Waals surface area contributed by atoms with Gasteiger partial charge < -0.3 is 66.3 Å². The molecule has 2 aliphatic heterocycles. The van der Waals surface area contributed by atoms with Gasteiger partial charge in [-0.15, -0.1) is 13.2 Å². The Hall–Kier alpha value is -4.57. The number of esters is 5. The third kappa shape index (κ3) is 97.7. The molecule has 2 aliphatic rings. The molecular weight excluding hydrogens is 1260 g/mol. The quantitative estimate of drug-likeness (QED) is 0.0182. The minimum Gasteiger partial charge on any atom is -0.465 e. The molecular formula is C80H150O19. The van der Waals surface area contributed by atoms with Crippen LogP contribution in [0.1, 0.15) is 247 Å². The van der Waals surface area contributed by atoms with Crippen LogP contribution < -0.4 is 0 Å². The van der Waals surface area contributed by atoms with Crippen LogP contribution in [0.4, 0.5) is 0 Å². The molecule has 0 unspecified atom stereocenters. The lowest BCUT2D eigenvalue weighted by molar-refractivity contribution is -0.165. The molecule has 0 radical (unpaired) electrons. The zero-order valence-corrected chi connectivity index (χ0v) is 65.0. The number of ether oxygens (including phenoxy) is 14. The Bertz CT molecular complexity index is 1770. The fourth-order valence-electron chi connectivity index (χ4n) is 8.32. The van der Waals surface area contributed by atoms with Crippen LogP contribution in [0.5, 0.6) is 0 Å². The minimum atomic E-state index is -0.359. The van der Waals surface area contributed by atoms with Gasteiger partial charge in [-0.1, -0.05) is 169 Å². The standard InChI is InChI=1S/C12H24O3.2C12H22O3.C12H22O2.C10H18O3.C9H18O.C8H14O3.C5H10O/c1-3-13-7-5-4-6-8-14-9-12(2)10-15-11-12;1-3-4-5-6-7-11(13)15-10-12(2)8-14-9-12;1-3-12(13)15-11-9-7-5-4-6-8-10-14-2;1-3-5-6-7-8-9-10-11-14-12(13)4-2;1-3-10(11)13-9-7-5-4-6-8-12-2;1-3-4-5-6-7-8-9-10-2;1-3-8(9)11-7-5-4-6-10-2;1-3-4-5-6-2/h3-11H2,1-2H3;3-10H2,1-2H3;3H,1,4-11H2,2H3;4H,2-3,5-11H2,1H3;3H,1,4-9H2,2H3;3H,1,4-9H2,2H3;3H,1,4-7H2,2H3;3H,1,4-5H2,2H3. The SMILES string of the molecule is C=CC(=O)OCCCCCCCCC.C=CC(=O)OCCCCCCCCOC.C=CC(=O)OCCCCCCOC.C=CC(=O)OCCCCOC.C=CCCCCCCOC.C=CCCOC.CCCCCCC(=O)OCC1(C)COC1.CCOCCCCCOCC1(C)COC1. The fourth-order valence-corrected chi connectivity index (χ4v) is 8.32. The second-order valence-corrected chi connectivity index (χ2v) is 24.8. The van der Waals surface area contributed by atoms with E-state index >= 15 is 0 Å². The van der Waals surface area contributed by atoms with E-state index in [-0.39, 0.29) is 35.3 Å². The number of hydrogen-bond acceptors (Lipinski definition) is 19. The zero-order valence-electron chi connectivity index (χ0n) is 65.0. The molecule has 0 spiro atoms. The summed E-state index contributed by atoms with van der Waals surface area (Å²) in [5, 5.41) is 0. The summed E-state index contributed by atoms with van der Waals surface area (Å²) in [5.41, 5.74) is 0.379. The summed E-state index contributed by atoms with van der Waals surface area (Å²) >= 11 is 0. The largest absolute Gasteiger partial charge is 0.465 e. The number of methoxy groups -OCH3 is 5. The van der Waals surface area contributed by atoms with Gasteiger partial charge in [0.2, 0.25) is 0 Å². The highest BCUT2D eigenvalue weighted by atomic mass is 16.6. The van der Waals surface area contributed by atoms with E-state index in [0.717, 1.165) is 195 Å². The van der Waals surface area contributed by atoms with Crippen molar-refractivity contribution < 1.29 is 90.3 Å². The molecule has 0 N–H and O–H groups in total. The molecule has 0 aromatic heterocycles. The van der Waals surface area contributed by atoms with Gasteiger partial charge in [-0.2, -0.15) is 0 Å². The van der Waals surface area contributed by atoms with E-state index in [4.69, 9.17) is 66.3 Å². The lowest BCUT2D eigenvalue weighted by atomic mass is 9.90. The second kappa shape index (κ2) is 91.4. The van der Waals surface area contributed by atoms with E-state index in [1.54, 1.807) is 35.5 Å². The lowest BCUT2D eigenvalue weighted by Gasteiger charge is -2.37. The highest BCUT2D eigenvalue weighted by Crippen LogP contribution is 2.27. The summed E-state index contributed by atoms with van der Waals surface area (Å²) in [6.45, 7) is 44.4. The molecule has 0 amide bonds. The third-order valence-corrected chi connectivity index (χ3v) is 14.5. The summed E-state index contributed by atoms with van der Waals surface area (Å²) in [4.78, 5) is 53.7. The predicted molar refractivity (Wildman–Crippen MR) is 404 cm³/mol. The molecule has 2 rings (SSSR count). The number of carbonyl (C=O) groups excluding carboxylic acids is 5. The number of hydrogen-bond donors (Lipinski definition) is 0. The van der Waals surface area contributed by atoms with Crippen molar-refractivity contribution in [2.75, 3.05) is 154 Å². The van der Waals surface area contributed by atoms with Crippen LogP contribution in [0.25, 0.3) is 0 Å². The molecule has 0 aromatic carbocycles. The van der Waals surface area contributed by atoms with Crippen molar-refractivity contribution in [1.82, 2.24) is 0 Å². The molecule has 0 aromatic rings.